The summed E-state index contributed by atoms with van der Waals surface area (Å²) in [5, 5.41) is 1.17. The number of likely N-dealkylation sites (N-methyl/N-ethyl adjacent to an activating group) is 1. The summed E-state index contributed by atoms with van der Waals surface area (Å²) in [6.07, 6.45) is 2.91. The summed E-state index contributed by atoms with van der Waals surface area (Å²) in [4.78, 5) is 7.69. The second-order valence-electron chi connectivity index (χ2n) is 4.39. The molecular weight excluding hydrogens is 194 g/mol. The molecule has 1 rings (SSSR count). The van der Waals surface area contributed by atoms with Gasteiger partial charge in [-0.05, 0) is 27.9 Å². The first-order chi connectivity index (χ1) is 6.39. The number of hydrogen-bond acceptors (Lipinski definition) is 4. The third kappa shape index (κ3) is 3.36. The average Bonchev–Trinajstić information content (AvgIpc) is 2.47. The van der Waals surface area contributed by atoms with E-state index in [1.54, 1.807) is 11.3 Å². The fraction of sp³-hybridized carbons (Fsp3) is 0.700. The number of hydrogen-bond donors (Lipinski definition) is 1. The second-order valence-corrected chi connectivity index (χ2v) is 5.51. The minimum Gasteiger partial charge on any atom is -0.321 e. The van der Waals surface area contributed by atoms with E-state index in [1.165, 1.54) is 5.01 Å². The molecular formula is C10H19N3S. The number of aromatic nitrogens is 1. The fourth-order valence-corrected chi connectivity index (χ4v) is 1.96. The molecule has 3 nitrogen and oxygen atoms in total. The molecule has 0 aromatic carbocycles. The minimum atomic E-state index is -0.256. The Morgan fingerprint density at radius 2 is 2.14 bits per heavy atom. The highest BCUT2D eigenvalue weighted by Gasteiger charge is 2.17. The van der Waals surface area contributed by atoms with Crippen LogP contribution in [-0.2, 0) is 12.0 Å². The Morgan fingerprint density at radius 3 is 2.57 bits per heavy atom. The molecule has 1 aromatic rings. The average molecular weight is 213 g/mol. The molecule has 14 heavy (non-hydrogen) atoms. The van der Waals surface area contributed by atoms with Gasteiger partial charge in [-0.3, -0.25) is 0 Å². The van der Waals surface area contributed by atoms with Gasteiger partial charge in [-0.1, -0.05) is 0 Å². The van der Waals surface area contributed by atoms with Crippen molar-refractivity contribution in [2.45, 2.75) is 25.8 Å². The smallest absolute Gasteiger partial charge is 0.0941 e. The normalized spacial score (nSPS) is 12.4. The molecule has 0 bridgehead atoms. The van der Waals surface area contributed by atoms with Gasteiger partial charge in [-0.15, -0.1) is 11.3 Å². The van der Waals surface area contributed by atoms with Crippen LogP contribution in [0, 0.1) is 0 Å². The molecule has 1 aromatic heterocycles. The molecule has 0 radical (unpaired) electrons. The maximum absolute atomic E-state index is 5.99. The van der Waals surface area contributed by atoms with Crippen molar-refractivity contribution in [3.8, 4) is 0 Å². The molecule has 2 N–H and O–H groups in total. The fourth-order valence-electron chi connectivity index (χ4n) is 1.04. The first-order valence-electron chi connectivity index (χ1n) is 4.78. The third-order valence-electron chi connectivity index (χ3n) is 1.96. The van der Waals surface area contributed by atoms with Crippen molar-refractivity contribution in [1.82, 2.24) is 9.88 Å². The van der Waals surface area contributed by atoms with Gasteiger partial charge in [0, 0.05) is 29.6 Å². The lowest BCUT2D eigenvalue weighted by molar-refractivity contribution is 0.413. The van der Waals surface area contributed by atoms with E-state index in [1.807, 2.05) is 20.0 Å². The Labute approximate surface area is 89.9 Å². The lowest BCUT2D eigenvalue weighted by atomic mass is 10.1. The Hall–Kier alpha value is -0.450. The highest BCUT2D eigenvalue weighted by molar-refractivity contribution is 7.11. The van der Waals surface area contributed by atoms with E-state index in [2.05, 4.69) is 24.0 Å². The standard InChI is InChI=1S/C10H19N3S/c1-10(2,11)8-7-12-9(14-8)5-6-13(3)4/h7H,5-6,11H2,1-4H3. The minimum absolute atomic E-state index is 0.256. The summed E-state index contributed by atoms with van der Waals surface area (Å²) in [6, 6.07) is 0. The zero-order chi connectivity index (χ0) is 10.8. The van der Waals surface area contributed by atoms with E-state index in [-0.39, 0.29) is 5.54 Å². The van der Waals surface area contributed by atoms with E-state index in [4.69, 9.17) is 5.73 Å². The summed E-state index contributed by atoms with van der Waals surface area (Å²) in [5.74, 6) is 0. The van der Waals surface area contributed by atoms with Crippen LogP contribution in [-0.4, -0.2) is 30.5 Å². The maximum Gasteiger partial charge on any atom is 0.0941 e. The summed E-state index contributed by atoms with van der Waals surface area (Å²) in [6.45, 7) is 5.06. The first-order valence-corrected chi connectivity index (χ1v) is 5.60. The lowest BCUT2D eigenvalue weighted by Gasteiger charge is -2.14. The maximum atomic E-state index is 5.99. The van der Waals surface area contributed by atoms with Crippen molar-refractivity contribution >= 4 is 11.3 Å². The SMILES string of the molecule is CN(C)CCc1ncc(C(C)(C)N)s1. The molecule has 0 saturated carbocycles. The van der Waals surface area contributed by atoms with Crippen molar-refractivity contribution in [2.24, 2.45) is 5.73 Å². The van der Waals surface area contributed by atoms with E-state index < -0.39 is 0 Å². The molecule has 80 valence electrons. The van der Waals surface area contributed by atoms with Gasteiger partial charge < -0.3 is 10.6 Å². The van der Waals surface area contributed by atoms with Crippen LogP contribution in [0.3, 0.4) is 0 Å². The number of nitrogens with zero attached hydrogens (tertiary/aromatic N) is 2. The summed E-state index contributed by atoms with van der Waals surface area (Å²) >= 11 is 1.72. The zero-order valence-electron chi connectivity index (χ0n) is 9.37. The zero-order valence-corrected chi connectivity index (χ0v) is 10.2. The highest BCUT2D eigenvalue weighted by atomic mass is 32.1. The largest absolute Gasteiger partial charge is 0.321 e. The van der Waals surface area contributed by atoms with Crippen LogP contribution in [0.1, 0.15) is 23.7 Å². The van der Waals surface area contributed by atoms with Gasteiger partial charge in [-0.2, -0.15) is 0 Å². The van der Waals surface area contributed by atoms with Crippen LogP contribution >= 0.6 is 11.3 Å². The Kier molecular flexibility index (Phi) is 3.64. The quantitative estimate of drug-likeness (QED) is 0.823. The molecule has 0 aliphatic heterocycles. The van der Waals surface area contributed by atoms with Crippen molar-refractivity contribution < 1.29 is 0 Å². The molecule has 0 aliphatic rings. The van der Waals surface area contributed by atoms with Gasteiger partial charge in [0.1, 0.15) is 0 Å². The molecule has 0 atom stereocenters. The van der Waals surface area contributed by atoms with E-state index in [9.17, 15) is 0 Å². The number of nitrogens with two attached hydrogens (primary N) is 1. The number of rotatable bonds is 4. The predicted octanol–water partition coefficient (Wildman–Crippen LogP) is 1.44. The van der Waals surface area contributed by atoms with Gasteiger partial charge in [0.05, 0.1) is 5.01 Å². The van der Waals surface area contributed by atoms with Crippen LogP contribution in [0.25, 0.3) is 0 Å². The van der Waals surface area contributed by atoms with Crippen LogP contribution in [0.4, 0.5) is 0 Å². The van der Waals surface area contributed by atoms with Crippen LogP contribution in [0.5, 0.6) is 0 Å². The van der Waals surface area contributed by atoms with Crippen LogP contribution < -0.4 is 5.73 Å². The molecule has 1 heterocycles. The van der Waals surface area contributed by atoms with Gasteiger partial charge in [-0.25, -0.2) is 4.98 Å². The lowest BCUT2D eigenvalue weighted by Crippen LogP contribution is -2.27. The van der Waals surface area contributed by atoms with Crippen molar-refractivity contribution in [2.75, 3.05) is 20.6 Å². The molecule has 0 saturated heterocycles. The van der Waals surface area contributed by atoms with E-state index in [0.29, 0.717) is 0 Å². The number of thiazole rings is 1. The van der Waals surface area contributed by atoms with Gasteiger partial charge in [0.15, 0.2) is 0 Å². The van der Waals surface area contributed by atoms with Gasteiger partial charge >= 0.3 is 0 Å². The highest BCUT2D eigenvalue weighted by Crippen LogP contribution is 2.23. The van der Waals surface area contributed by atoms with E-state index >= 15 is 0 Å². The molecule has 0 fully saturated rings. The van der Waals surface area contributed by atoms with Gasteiger partial charge in [0.25, 0.3) is 0 Å². The topological polar surface area (TPSA) is 42.2 Å². The van der Waals surface area contributed by atoms with Crippen LogP contribution in [0.2, 0.25) is 0 Å². The first kappa shape index (κ1) is 11.6. The molecule has 4 heteroatoms. The Morgan fingerprint density at radius 1 is 1.50 bits per heavy atom. The second kappa shape index (κ2) is 4.38. The predicted molar refractivity (Wildman–Crippen MR) is 61.6 cm³/mol. The molecule has 0 amide bonds. The van der Waals surface area contributed by atoms with Crippen LogP contribution in [0.15, 0.2) is 6.20 Å². The third-order valence-corrected chi connectivity index (χ3v) is 3.36. The van der Waals surface area contributed by atoms with E-state index in [0.717, 1.165) is 17.8 Å². The Balaban J connectivity index is 2.60. The van der Waals surface area contributed by atoms with Gasteiger partial charge in [0.2, 0.25) is 0 Å². The molecule has 0 aliphatic carbocycles. The van der Waals surface area contributed by atoms with Crippen molar-refractivity contribution in [3.05, 3.63) is 16.1 Å². The molecule has 0 unspecified atom stereocenters. The summed E-state index contributed by atoms with van der Waals surface area (Å²) < 4.78 is 0. The monoisotopic (exact) mass is 213 g/mol. The van der Waals surface area contributed by atoms with Crippen molar-refractivity contribution in [3.63, 3.8) is 0 Å². The summed E-state index contributed by atoms with van der Waals surface area (Å²) in [7, 11) is 4.14. The van der Waals surface area contributed by atoms with Crippen molar-refractivity contribution in [1.29, 1.82) is 0 Å². The summed E-state index contributed by atoms with van der Waals surface area (Å²) in [5.41, 5.74) is 5.73. The molecule has 0 spiro atoms. The Bertz CT molecular complexity index is 286.